The first-order chi connectivity index (χ1) is 13.0. The van der Waals surface area contributed by atoms with E-state index >= 15 is 0 Å². The SMILES string of the molecule is CC(NCc1cccc2c1C(=O)N(C1CCC(=O)NC1=O)C2)C1CCNC1. The third kappa shape index (κ3) is 3.49. The Kier molecular flexibility index (Phi) is 4.97. The van der Waals surface area contributed by atoms with E-state index in [1.807, 2.05) is 18.2 Å². The Morgan fingerprint density at radius 3 is 2.85 bits per heavy atom. The first kappa shape index (κ1) is 18.1. The third-order valence-corrected chi connectivity index (χ3v) is 6.06. The number of rotatable bonds is 5. The Morgan fingerprint density at radius 2 is 2.11 bits per heavy atom. The standard InChI is InChI=1S/C20H26N4O3/c1-12(13-7-8-21-9-13)22-10-14-3-2-4-15-11-24(20(27)18(14)15)16-5-6-17(25)23-19(16)26/h2-4,12-13,16,21-22H,5-11H2,1H3,(H,23,25,26). The predicted molar refractivity (Wildman–Crippen MR) is 99.8 cm³/mol. The quantitative estimate of drug-likeness (QED) is 0.658. The lowest BCUT2D eigenvalue weighted by Crippen LogP contribution is -2.52. The zero-order valence-corrected chi connectivity index (χ0v) is 15.6. The molecule has 3 amide bonds. The smallest absolute Gasteiger partial charge is 0.255 e. The maximum Gasteiger partial charge on any atom is 0.255 e. The van der Waals surface area contributed by atoms with Gasteiger partial charge in [0.1, 0.15) is 6.04 Å². The highest BCUT2D eigenvalue weighted by Gasteiger charge is 2.39. The van der Waals surface area contributed by atoms with E-state index in [4.69, 9.17) is 0 Å². The molecule has 3 aliphatic rings. The van der Waals surface area contributed by atoms with Gasteiger partial charge in [-0.25, -0.2) is 0 Å². The van der Waals surface area contributed by atoms with Gasteiger partial charge in [0.15, 0.2) is 0 Å². The van der Waals surface area contributed by atoms with Gasteiger partial charge in [0.05, 0.1) is 0 Å². The highest BCUT2D eigenvalue weighted by molar-refractivity contribution is 6.05. The van der Waals surface area contributed by atoms with E-state index in [2.05, 4.69) is 22.9 Å². The van der Waals surface area contributed by atoms with Gasteiger partial charge in [-0.2, -0.15) is 0 Å². The van der Waals surface area contributed by atoms with E-state index in [0.29, 0.717) is 37.0 Å². The van der Waals surface area contributed by atoms with Gasteiger partial charge in [-0.05, 0) is 49.9 Å². The van der Waals surface area contributed by atoms with Crippen LogP contribution in [0.5, 0.6) is 0 Å². The van der Waals surface area contributed by atoms with Gasteiger partial charge < -0.3 is 15.5 Å². The van der Waals surface area contributed by atoms with Gasteiger partial charge in [-0.1, -0.05) is 18.2 Å². The number of imide groups is 1. The van der Waals surface area contributed by atoms with Gasteiger partial charge in [-0.15, -0.1) is 0 Å². The summed E-state index contributed by atoms with van der Waals surface area (Å²) in [6.07, 6.45) is 1.84. The monoisotopic (exact) mass is 370 g/mol. The second kappa shape index (κ2) is 7.40. The van der Waals surface area contributed by atoms with E-state index < -0.39 is 6.04 Å². The van der Waals surface area contributed by atoms with Crippen LogP contribution in [0.1, 0.15) is 47.7 Å². The van der Waals surface area contributed by atoms with Crippen LogP contribution in [0.4, 0.5) is 0 Å². The summed E-state index contributed by atoms with van der Waals surface area (Å²) in [4.78, 5) is 38.3. The molecule has 27 heavy (non-hydrogen) atoms. The maximum absolute atomic E-state index is 13.1. The Labute approximate surface area is 158 Å². The third-order valence-electron chi connectivity index (χ3n) is 6.06. The number of carbonyl (C=O) groups excluding carboxylic acids is 3. The molecule has 0 spiro atoms. The average molecular weight is 370 g/mol. The van der Waals surface area contributed by atoms with Crippen LogP contribution in [-0.4, -0.2) is 47.8 Å². The maximum atomic E-state index is 13.1. The van der Waals surface area contributed by atoms with Gasteiger partial charge >= 0.3 is 0 Å². The highest BCUT2D eigenvalue weighted by atomic mass is 16.2. The van der Waals surface area contributed by atoms with Crippen LogP contribution in [-0.2, 0) is 22.7 Å². The highest BCUT2D eigenvalue weighted by Crippen LogP contribution is 2.30. The molecule has 2 saturated heterocycles. The Bertz CT molecular complexity index is 772. The molecule has 0 aliphatic carbocycles. The number of fused-ring (bicyclic) bond motifs is 1. The van der Waals surface area contributed by atoms with Crippen molar-refractivity contribution in [2.75, 3.05) is 13.1 Å². The second-order valence-corrected chi connectivity index (χ2v) is 7.77. The van der Waals surface area contributed by atoms with Crippen molar-refractivity contribution < 1.29 is 14.4 Å². The molecule has 4 rings (SSSR count). The number of nitrogens with one attached hydrogen (secondary N) is 3. The van der Waals surface area contributed by atoms with E-state index in [0.717, 1.165) is 24.2 Å². The van der Waals surface area contributed by atoms with Crippen LogP contribution >= 0.6 is 0 Å². The van der Waals surface area contributed by atoms with Crippen molar-refractivity contribution in [2.45, 2.75) is 51.4 Å². The average Bonchev–Trinajstić information content (AvgIpc) is 3.29. The van der Waals surface area contributed by atoms with Crippen LogP contribution in [0, 0.1) is 5.92 Å². The predicted octanol–water partition coefficient (Wildman–Crippen LogP) is 0.535. The molecule has 3 N–H and O–H groups in total. The molecule has 3 aliphatic heterocycles. The fourth-order valence-corrected chi connectivity index (χ4v) is 4.38. The van der Waals surface area contributed by atoms with E-state index in [1.54, 1.807) is 4.90 Å². The van der Waals surface area contributed by atoms with E-state index in [-0.39, 0.29) is 24.1 Å². The minimum atomic E-state index is -0.563. The summed E-state index contributed by atoms with van der Waals surface area (Å²) in [7, 11) is 0. The normalized spacial score (nSPS) is 26.3. The van der Waals surface area contributed by atoms with Crippen molar-refractivity contribution in [2.24, 2.45) is 5.92 Å². The van der Waals surface area contributed by atoms with Crippen molar-refractivity contribution in [1.82, 2.24) is 20.9 Å². The number of hydrogen-bond acceptors (Lipinski definition) is 5. The molecule has 0 radical (unpaired) electrons. The zero-order chi connectivity index (χ0) is 19.0. The fourth-order valence-electron chi connectivity index (χ4n) is 4.38. The summed E-state index contributed by atoms with van der Waals surface area (Å²) in [6, 6.07) is 5.72. The molecule has 3 heterocycles. The van der Waals surface area contributed by atoms with E-state index in [1.165, 1.54) is 6.42 Å². The van der Waals surface area contributed by atoms with Crippen LogP contribution < -0.4 is 16.0 Å². The molecule has 0 saturated carbocycles. The summed E-state index contributed by atoms with van der Waals surface area (Å²) < 4.78 is 0. The molecule has 2 fully saturated rings. The first-order valence-electron chi connectivity index (χ1n) is 9.74. The van der Waals surface area contributed by atoms with Crippen molar-refractivity contribution in [3.8, 4) is 0 Å². The van der Waals surface area contributed by atoms with Crippen molar-refractivity contribution in [3.05, 3.63) is 34.9 Å². The van der Waals surface area contributed by atoms with Crippen molar-refractivity contribution >= 4 is 17.7 Å². The lowest BCUT2D eigenvalue weighted by molar-refractivity contribution is -0.136. The molecule has 0 bridgehead atoms. The lowest BCUT2D eigenvalue weighted by atomic mass is 9.99. The minimum absolute atomic E-state index is 0.105. The Morgan fingerprint density at radius 1 is 1.26 bits per heavy atom. The van der Waals surface area contributed by atoms with Gasteiger partial charge in [0, 0.05) is 31.1 Å². The molecule has 1 aromatic carbocycles. The molecule has 3 unspecified atom stereocenters. The number of nitrogens with zero attached hydrogens (tertiary/aromatic N) is 1. The fraction of sp³-hybridized carbons (Fsp3) is 0.550. The minimum Gasteiger partial charge on any atom is -0.322 e. The molecule has 0 aromatic heterocycles. The first-order valence-corrected chi connectivity index (χ1v) is 9.74. The summed E-state index contributed by atoms with van der Waals surface area (Å²) in [5, 5.41) is 9.30. The van der Waals surface area contributed by atoms with Crippen LogP contribution in [0.3, 0.4) is 0 Å². The Hall–Kier alpha value is -2.25. The number of benzene rings is 1. The Balaban J connectivity index is 1.48. The van der Waals surface area contributed by atoms with Gasteiger partial charge in [-0.3, -0.25) is 19.7 Å². The number of hydrogen-bond donors (Lipinski definition) is 3. The molecule has 7 heteroatoms. The topological polar surface area (TPSA) is 90.5 Å². The lowest BCUT2D eigenvalue weighted by Gasteiger charge is -2.29. The van der Waals surface area contributed by atoms with Crippen LogP contribution in [0.2, 0.25) is 0 Å². The molecule has 1 aromatic rings. The molecular weight excluding hydrogens is 344 g/mol. The van der Waals surface area contributed by atoms with Gasteiger partial charge in [0.2, 0.25) is 11.8 Å². The summed E-state index contributed by atoms with van der Waals surface area (Å²) in [5.41, 5.74) is 2.65. The summed E-state index contributed by atoms with van der Waals surface area (Å²) in [5.74, 6) is -0.125. The van der Waals surface area contributed by atoms with Crippen molar-refractivity contribution in [3.63, 3.8) is 0 Å². The molecule has 3 atom stereocenters. The van der Waals surface area contributed by atoms with Crippen LogP contribution in [0.15, 0.2) is 18.2 Å². The van der Waals surface area contributed by atoms with Crippen molar-refractivity contribution in [1.29, 1.82) is 0 Å². The summed E-state index contributed by atoms with van der Waals surface area (Å²) >= 11 is 0. The largest absolute Gasteiger partial charge is 0.322 e. The van der Waals surface area contributed by atoms with Crippen LogP contribution in [0.25, 0.3) is 0 Å². The zero-order valence-electron chi connectivity index (χ0n) is 15.6. The molecule has 7 nitrogen and oxygen atoms in total. The number of carbonyl (C=O) groups is 3. The second-order valence-electron chi connectivity index (χ2n) is 7.77. The summed E-state index contributed by atoms with van der Waals surface area (Å²) in [6.45, 7) is 5.35. The molecule has 144 valence electrons. The van der Waals surface area contributed by atoms with E-state index in [9.17, 15) is 14.4 Å². The van der Waals surface area contributed by atoms with Gasteiger partial charge in [0.25, 0.3) is 5.91 Å². The number of amides is 3. The molecular formula is C20H26N4O3. The number of piperidine rings is 1.